The monoisotopic (exact) mass is 328 g/mol. The van der Waals surface area contributed by atoms with Crippen molar-refractivity contribution in [1.29, 1.82) is 0 Å². The lowest BCUT2D eigenvalue weighted by Crippen LogP contribution is -2.02. The van der Waals surface area contributed by atoms with Gasteiger partial charge in [0, 0.05) is 23.3 Å². The van der Waals surface area contributed by atoms with Crippen LogP contribution in [0.2, 0.25) is 0 Å². The van der Waals surface area contributed by atoms with E-state index in [2.05, 4.69) is 44.1 Å². The maximum absolute atomic E-state index is 5.87. The fourth-order valence-corrected chi connectivity index (χ4v) is 2.71. The average molecular weight is 329 g/mol. The van der Waals surface area contributed by atoms with Crippen molar-refractivity contribution < 1.29 is 4.74 Å². The lowest BCUT2D eigenvalue weighted by atomic mass is 10.0. The van der Waals surface area contributed by atoms with Gasteiger partial charge in [0.25, 0.3) is 0 Å². The van der Waals surface area contributed by atoms with Crippen LogP contribution in [0.15, 0.2) is 54.9 Å². The Morgan fingerprint density at radius 1 is 0.950 bits per heavy atom. The first-order valence-electron chi connectivity index (χ1n) is 6.34. The summed E-state index contributed by atoms with van der Waals surface area (Å²) in [6, 6.07) is 14.2. The molecule has 0 atom stereocenters. The fourth-order valence-electron chi connectivity index (χ4n) is 2.14. The molecular weight excluding hydrogens is 316 g/mol. The maximum atomic E-state index is 5.87. The molecule has 3 nitrogen and oxygen atoms in total. The van der Waals surface area contributed by atoms with Gasteiger partial charge in [-0.2, -0.15) is 0 Å². The smallest absolute Gasteiger partial charge is 0.166 e. The zero-order valence-corrected chi connectivity index (χ0v) is 12.4. The molecule has 0 aliphatic carbocycles. The quantitative estimate of drug-likeness (QED) is 0.676. The second-order valence-electron chi connectivity index (χ2n) is 4.35. The van der Waals surface area contributed by atoms with Crippen LogP contribution in [-0.4, -0.2) is 9.97 Å². The zero-order chi connectivity index (χ0) is 13.8. The first-order chi connectivity index (χ1) is 9.88. The first-order valence-corrected chi connectivity index (χ1v) is 7.46. The van der Waals surface area contributed by atoms with Crippen molar-refractivity contribution in [3.05, 3.63) is 66.2 Å². The number of hydrogen-bond acceptors (Lipinski definition) is 3. The highest BCUT2D eigenvalue weighted by Gasteiger charge is 2.08. The Bertz CT molecular complexity index is 716. The number of aromatic nitrogens is 2. The molecule has 0 spiro atoms. The Morgan fingerprint density at radius 2 is 1.75 bits per heavy atom. The minimum absolute atomic E-state index is 0.374. The van der Waals surface area contributed by atoms with Crippen LogP contribution in [0.3, 0.4) is 0 Å². The molecule has 0 saturated carbocycles. The van der Waals surface area contributed by atoms with E-state index < -0.39 is 0 Å². The van der Waals surface area contributed by atoms with Crippen molar-refractivity contribution in [2.45, 2.75) is 11.9 Å². The zero-order valence-electron chi connectivity index (χ0n) is 10.8. The van der Waals surface area contributed by atoms with Gasteiger partial charge in [0.2, 0.25) is 0 Å². The van der Waals surface area contributed by atoms with E-state index in [9.17, 15) is 0 Å². The van der Waals surface area contributed by atoms with Gasteiger partial charge >= 0.3 is 0 Å². The SMILES string of the molecule is BrCc1c(OCc2ncccn2)ccc2ccccc12. The Balaban J connectivity index is 1.91. The number of nitrogens with zero attached hydrogens (tertiary/aromatic N) is 2. The van der Waals surface area contributed by atoms with E-state index in [1.165, 1.54) is 10.8 Å². The van der Waals surface area contributed by atoms with Gasteiger partial charge in [-0.1, -0.05) is 46.3 Å². The minimum Gasteiger partial charge on any atom is -0.485 e. The molecule has 2 aromatic carbocycles. The van der Waals surface area contributed by atoms with E-state index in [4.69, 9.17) is 4.74 Å². The minimum atomic E-state index is 0.374. The number of fused-ring (bicyclic) bond motifs is 1. The molecule has 4 heteroatoms. The number of benzene rings is 2. The standard InChI is InChI=1S/C16H13BrN2O/c17-10-14-13-5-2-1-4-12(13)6-7-15(14)20-11-16-18-8-3-9-19-16/h1-9H,10-11H2. The molecule has 0 aliphatic heterocycles. The normalized spacial score (nSPS) is 10.7. The lowest BCUT2D eigenvalue weighted by molar-refractivity contribution is 0.294. The first kappa shape index (κ1) is 13.1. The average Bonchev–Trinajstić information content (AvgIpc) is 2.53. The molecule has 100 valence electrons. The van der Waals surface area contributed by atoms with Gasteiger partial charge in [0.05, 0.1) is 0 Å². The number of alkyl halides is 1. The molecule has 20 heavy (non-hydrogen) atoms. The summed E-state index contributed by atoms with van der Waals surface area (Å²) >= 11 is 3.54. The molecule has 3 aromatic rings. The van der Waals surface area contributed by atoms with Crippen LogP contribution in [0.25, 0.3) is 10.8 Å². The molecule has 0 N–H and O–H groups in total. The van der Waals surface area contributed by atoms with Crippen molar-refractivity contribution in [1.82, 2.24) is 9.97 Å². The van der Waals surface area contributed by atoms with E-state index in [1.54, 1.807) is 18.5 Å². The third-order valence-electron chi connectivity index (χ3n) is 3.11. The van der Waals surface area contributed by atoms with E-state index in [0.717, 1.165) is 16.6 Å². The highest BCUT2D eigenvalue weighted by molar-refractivity contribution is 9.08. The largest absolute Gasteiger partial charge is 0.485 e. The van der Waals surface area contributed by atoms with Crippen LogP contribution in [0.5, 0.6) is 5.75 Å². The van der Waals surface area contributed by atoms with Crippen LogP contribution < -0.4 is 4.74 Å². The van der Waals surface area contributed by atoms with Crippen molar-refractivity contribution in [3.8, 4) is 5.75 Å². The molecular formula is C16H13BrN2O. The van der Waals surface area contributed by atoms with Gasteiger partial charge in [-0.05, 0) is 22.9 Å². The summed E-state index contributed by atoms with van der Waals surface area (Å²) in [5.41, 5.74) is 1.15. The highest BCUT2D eigenvalue weighted by Crippen LogP contribution is 2.30. The Labute approximate surface area is 125 Å². The number of halogens is 1. The summed E-state index contributed by atoms with van der Waals surface area (Å²) in [7, 11) is 0. The number of hydrogen-bond donors (Lipinski definition) is 0. The van der Waals surface area contributed by atoms with Crippen LogP contribution in [0.1, 0.15) is 11.4 Å². The number of ether oxygens (including phenoxy) is 1. The second-order valence-corrected chi connectivity index (χ2v) is 4.91. The van der Waals surface area contributed by atoms with Crippen molar-refractivity contribution in [2.24, 2.45) is 0 Å². The van der Waals surface area contributed by atoms with E-state index in [0.29, 0.717) is 12.4 Å². The molecule has 1 heterocycles. The van der Waals surface area contributed by atoms with Crippen molar-refractivity contribution in [2.75, 3.05) is 0 Å². The van der Waals surface area contributed by atoms with E-state index >= 15 is 0 Å². The van der Waals surface area contributed by atoms with Gasteiger partial charge in [-0.25, -0.2) is 9.97 Å². The number of rotatable bonds is 4. The van der Waals surface area contributed by atoms with Gasteiger partial charge in [0.15, 0.2) is 5.82 Å². The third-order valence-corrected chi connectivity index (χ3v) is 3.67. The predicted molar refractivity (Wildman–Crippen MR) is 82.9 cm³/mol. The summed E-state index contributed by atoms with van der Waals surface area (Å²) in [5, 5.41) is 3.17. The molecule has 3 rings (SSSR count). The summed E-state index contributed by atoms with van der Waals surface area (Å²) in [6.07, 6.45) is 3.44. The topological polar surface area (TPSA) is 35.0 Å². The van der Waals surface area contributed by atoms with Crippen molar-refractivity contribution in [3.63, 3.8) is 0 Å². The third kappa shape index (κ3) is 2.65. The van der Waals surface area contributed by atoms with Gasteiger partial charge in [-0.3, -0.25) is 0 Å². The Morgan fingerprint density at radius 3 is 2.55 bits per heavy atom. The van der Waals surface area contributed by atoms with E-state index in [-0.39, 0.29) is 0 Å². The molecule has 0 unspecified atom stereocenters. The molecule has 0 amide bonds. The van der Waals surface area contributed by atoms with Gasteiger partial charge in [-0.15, -0.1) is 0 Å². The molecule has 0 bridgehead atoms. The summed E-state index contributed by atoms with van der Waals surface area (Å²) in [4.78, 5) is 8.33. The fraction of sp³-hybridized carbons (Fsp3) is 0.125. The highest BCUT2D eigenvalue weighted by atomic mass is 79.9. The van der Waals surface area contributed by atoms with Crippen LogP contribution in [-0.2, 0) is 11.9 Å². The molecule has 0 aliphatic rings. The Kier molecular flexibility index (Phi) is 3.92. The molecule has 0 saturated heterocycles. The van der Waals surface area contributed by atoms with Crippen molar-refractivity contribution >= 4 is 26.7 Å². The van der Waals surface area contributed by atoms with Crippen LogP contribution >= 0.6 is 15.9 Å². The predicted octanol–water partition coefficient (Wildman–Crippen LogP) is 4.10. The molecule has 1 aromatic heterocycles. The lowest BCUT2D eigenvalue weighted by Gasteiger charge is -2.12. The molecule has 0 radical (unpaired) electrons. The van der Waals surface area contributed by atoms with Crippen LogP contribution in [0, 0.1) is 0 Å². The Hall–Kier alpha value is -1.94. The van der Waals surface area contributed by atoms with Gasteiger partial charge in [0.1, 0.15) is 12.4 Å². The maximum Gasteiger partial charge on any atom is 0.166 e. The van der Waals surface area contributed by atoms with Gasteiger partial charge < -0.3 is 4.74 Å². The summed E-state index contributed by atoms with van der Waals surface area (Å²) in [6.45, 7) is 0.374. The van der Waals surface area contributed by atoms with Crippen LogP contribution in [0.4, 0.5) is 0 Å². The van der Waals surface area contributed by atoms with E-state index in [1.807, 2.05) is 18.2 Å². The molecule has 0 fully saturated rings. The summed E-state index contributed by atoms with van der Waals surface area (Å²) in [5.74, 6) is 1.55. The summed E-state index contributed by atoms with van der Waals surface area (Å²) < 4.78 is 5.87. The second kappa shape index (κ2) is 6.01.